The van der Waals surface area contributed by atoms with Crippen molar-refractivity contribution in [2.45, 2.75) is 50.4 Å². The second-order valence-corrected chi connectivity index (χ2v) is 12.7. The number of rotatable bonds is 10. The van der Waals surface area contributed by atoms with E-state index in [2.05, 4.69) is 19.8 Å². The van der Waals surface area contributed by atoms with Gasteiger partial charge in [-0.3, -0.25) is 14.6 Å². The van der Waals surface area contributed by atoms with E-state index in [0.29, 0.717) is 29.3 Å². The molecule has 4 N–H and O–H groups in total. The van der Waals surface area contributed by atoms with Crippen molar-refractivity contribution in [3.8, 4) is 34.3 Å². The van der Waals surface area contributed by atoms with Gasteiger partial charge in [0.2, 0.25) is 5.91 Å². The van der Waals surface area contributed by atoms with Gasteiger partial charge in [-0.25, -0.2) is 13.8 Å². The molecule has 4 heterocycles. The fourth-order valence-electron chi connectivity index (χ4n) is 6.14. The van der Waals surface area contributed by atoms with Crippen LogP contribution in [0.3, 0.4) is 0 Å². The van der Waals surface area contributed by atoms with Gasteiger partial charge < -0.3 is 35.1 Å². The standard InChI is InChI=1S/C34H30F4N4O7/c1-16-7-18-8-19(10-24(27(18)40-12-16)46-13-26(35)36)30(43)41-14-33(45,20-4-5-20)25-11-21-29(47-15-32(21,2)31(39)44)28(42-25)17-3-6-22-23(9-17)49-34(37,38)48-22/h3,6-12,20,26,45H,4-5,13-15H2,1-2H3,(H2,39,44)(H,41,43)/t32-,33?/m0/s1. The molecule has 2 aliphatic heterocycles. The number of pyridine rings is 2. The average Bonchev–Trinajstić information content (AvgIpc) is 3.79. The highest BCUT2D eigenvalue weighted by molar-refractivity contribution is 6.00. The van der Waals surface area contributed by atoms with E-state index in [1.165, 1.54) is 30.3 Å². The third-order valence-electron chi connectivity index (χ3n) is 9.02. The zero-order valence-corrected chi connectivity index (χ0v) is 26.2. The summed E-state index contributed by atoms with van der Waals surface area (Å²) >= 11 is 0. The van der Waals surface area contributed by atoms with Gasteiger partial charge in [-0.15, -0.1) is 8.78 Å². The number of benzene rings is 2. The maximum Gasteiger partial charge on any atom is 0.586 e. The van der Waals surface area contributed by atoms with E-state index in [0.717, 1.165) is 5.56 Å². The quantitative estimate of drug-likeness (QED) is 0.201. The van der Waals surface area contributed by atoms with Gasteiger partial charge in [0, 0.05) is 28.3 Å². The third-order valence-corrected chi connectivity index (χ3v) is 9.02. The van der Waals surface area contributed by atoms with Crippen molar-refractivity contribution in [2.24, 2.45) is 11.7 Å². The number of alkyl halides is 4. The number of carbonyl (C=O) groups excluding carboxylic acids is 2. The van der Waals surface area contributed by atoms with Crippen molar-refractivity contribution in [1.82, 2.24) is 15.3 Å². The maximum absolute atomic E-state index is 13.8. The third kappa shape index (κ3) is 5.81. The molecule has 256 valence electrons. The molecule has 1 saturated carbocycles. The number of hydrogen-bond donors (Lipinski definition) is 3. The summed E-state index contributed by atoms with van der Waals surface area (Å²) < 4.78 is 74.0. The van der Waals surface area contributed by atoms with Crippen molar-refractivity contribution in [1.29, 1.82) is 0 Å². The Morgan fingerprint density at radius 1 is 1.14 bits per heavy atom. The number of ether oxygens (including phenoxy) is 4. The van der Waals surface area contributed by atoms with Gasteiger partial charge in [-0.1, -0.05) is 0 Å². The molecule has 2 atom stereocenters. The number of amides is 2. The number of fused-ring (bicyclic) bond motifs is 3. The number of halogens is 4. The lowest BCUT2D eigenvalue weighted by atomic mass is 9.81. The summed E-state index contributed by atoms with van der Waals surface area (Å²) in [5.41, 5.74) is 4.67. The lowest BCUT2D eigenvalue weighted by molar-refractivity contribution is -0.286. The largest absolute Gasteiger partial charge is 0.586 e. The van der Waals surface area contributed by atoms with Gasteiger partial charge in [0.1, 0.15) is 46.9 Å². The average molecular weight is 683 g/mol. The highest BCUT2D eigenvalue weighted by atomic mass is 19.3. The van der Waals surface area contributed by atoms with Crippen LogP contribution >= 0.6 is 0 Å². The van der Waals surface area contributed by atoms with E-state index in [4.69, 9.17) is 20.2 Å². The number of primary amides is 1. The van der Waals surface area contributed by atoms with E-state index >= 15 is 0 Å². The molecule has 4 aromatic rings. The summed E-state index contributed by atoms with van der Waals surface area (Å²) in [6, 6.07) is 10.1. The van der Waals surface area contributed by atoms with Crippen molar-refractivity contribution in [3.05, 3.63) is 71.0 Å². The first-order chi connectivity index (χ1) is 23.2. The Kier molecular flexibility index (Phi) is 7.57. The molecule has 1 unspecified atom stereocenters. The second kappa shape index (κ2) is 11.5. The van der Waals surface area contributed by atoms with E-state index < -0.39 is 42.2 Å². The molecule has 3 aliphatic rings. The van der Waals surface area contributed by atoms with Gasteiger partial charge in [-0.2, -0.15) is 0 Å². The monoisotopic (exact) mass is 682 g/mol. The Balaban J connectivity index is 1.26. The van der Waals surface area contributed by atoms with Gasteiger partial charge in [0.25, 0.3) is 12.3 Å². The number of nitrogens with one attached hydrogen (secondary N) is 1. The van der Waals surface area contributed by atoms with E-state index in [-0.39, 0.29) is 64.6 Å². The van der Waals surface area contributed by atoms with Crippen LogP contribution in [-0.4, -0.2) is 59.4 Å². The van der Waals surface area contributed by atoms with Gasteiger partial charge >= 0.3 is 6.29 Å². The van der Waals surface area contributed by atoms with Gasteiger partial charge in [0.05, 0.1) is 12.2 Å². The Hall–Kier alpha value is -5.18. The number of aromatic nitrogens is 2. The smallest absolute Gasteiger partial charge is 0.489 e. The molecular weight excluding hydrogens is 652 g/mol. The highest BCUT2D eigenvalue weighted by Crippen LogP contribution is 2.51. The summed E-state index contributed by atoms with van der Waals surface area (Å²) in [6.45, 7) is 2.00. The molecule has 0 bridgehead atoms. The van der Waals surface area contributed by atoms with Crippen molar-refractivity contribution >= 4 is 22.7 Å². The fraction of sp³-hybridized carbons (Fsp3) is 0.353. The lowest BCUT2D eigenvalue weighted by Crippen LogP contribution is -2.44. The molecule has 0 radical (unpaired) electrons. The van der Waals surface area contributed by atoms with E-state index in [1.807, 2.05) is 0 Å². The minimum atomic E-state index is -3.86. The van der Waals surface area contributed by atoms with Crippen LogP contribution in [0.25, 0.3) is 22.2 Å². The lowest BCUT2D eigenvalue weighted by Gasteiger charge is -2.30. The molecule has 1 aliphatic carbocycles. The number of carbonyl (C=O) groups is 2. The minimum Gasteiger partial charge on any atom is -0.489 e. The fourth-order valence-corrected chi connectivity index (χ4v) is 6.14. The summed E-state index contributed by atoms with van der Waals surface area (Å²) in [6.07, 6.45) is -3.87. The molecule has 11 nitrogen and oxygen atoms in total. The number of aryl methyl sites for hydroxylation is 1. The Bertz CT molecular complexity index is 2020. The summed E-state index contributed by atoms with van der Waals surface area (Å²) in [4.78, 5) is 35.3. The number of nitrogens with two attached hydrogens (primary N) is 1. The minimum absolute atomic E-state index is 0.00226. The molecule has 0 spiro atoms. The second-order valence-electron chi connectivity index (χ2n) is 12.7. The molecule has 2 amide bonds. The van der Waals surface area contributed by atoms with Crippen LogP contribution in [0.15, 0.2) is 48.7 Å². The SMILES string of the molecule is Cc1cnc2c(OCC(F)F)cc(C(=O)NCC(O)(c3cc4c(c(-c5ccc6c(c5)OC(F)(F)O6)n3)OC[C@]4(C)C(N)=O)C3CC3)cc2c1. The first kappa shape index (κ1) is 32.4. The normalized spacial score (nSPS) is 20.1. The zero-order chi connectivity index (χ0) is 34.9. The summed E-state index contributed by atoms with van der Waals surface area (Å²) in [5.74, 6) is -1.95. The highest BCUT2D eigenvalue weighted by Gasteiger charge is 2.50. The topological polar surface area (TPSA) is 155 Å². The number of hydrogen-bond acceptors (Lipinski definition) is 9. The molecular formula is C34H30F4N4O7. The van der Waals surface area contributed by atoms with Crippen LogP contribution in [0, 0.1) is 12.8 Å². The number of nitrogens with zero attached hydrogens (tertiary/aromatic N) is 2. The van der Waals surface area contributed by atoms with Crippen LogP contribution < -0.4 is 30.0 Å². The molecule has 0 saturated heterocycles. The van der Waals surface area contributed by atoms with Crippen molar-refractivity contribution in [2.75, 3.05) is 19.8 Å². The van der Waals surface area contributed by atoms with Gasteiger partial charge in [-0.05, 0) is 80.6 Å². The predicted molar refractivity (Wildman–Crippen MR) is 165 cm³/mol. The maximum atomic E-state index is 13.8. The Labute approximate surface area is 276 Å². The Morgan fingerprint density at radius 2 is 1.90 bits per heavy atom. The van der Waals surface area contributed by atoms with E-state index in [9.17, 15) is 32.3 Å². The molecule has 49 heavy (non-hydrogen) atoms. The van der Waals surface area contributed by atoms with E-state index in [1.54, 1.807) is 32.2 Å². The number of aliphatic hydroxyl groups is 1. The predicted octanol–water partition coefficient (Wildman–Crippen LogP) is 4.73. The van der Waals surface area contributed by atoms with Crippen molar-refractivity contribution < 1.29 is 51.2 Å². The van der Waals surface area contributed by atoms with Crippen LogP contribution in [0.4, 0.5) is 17.6 Å². The first-order valence-corrected chi connectivity index (χ1v) is 15.4. The molecule has 15 heteroatoms. The first-order valence-electron chi connectivity index (χ1n) is 15.4. The van der Waals surface area contributed by atoms with Crippen LogP contribution in [0.2, 0.25) is 0 Å². The van der Waals surface area contributed by atoms with Crippen LogP contribution in [0.5, 0.6) is 23.0 Å². The van der Waals surface area contributed by atoms with Gasteiger partial charge in [0.15, 0.2) is 11.5 Å². The van der Waals surface area contributed by atoms with Crippen LogP contribution in [-0.2, 0) is 15.8 Å². The molecule has 1 fully saturated rings. The molecule has 2 aromatic carbocycles. The Morgan fingerprint density at radius 3 is 2.61 bits per heavy atom. The molecule has 7 rings (SSSR count). The molecule has 2 aromatic heterocycles. The zero-order valence-electron chi connectivity index (χ0n) is 26.2. The van der Waals surface area contributed by atoms with Crippen LogP contribution in [0.1, 0.15) is 46.9 Å². The van der Waals surface area contributed by atoms with Crippen molar-refractivity contribution in [3.63, 3.8) is 0 Å². The summed E-state index contributed by atoms with van der Waals surface area (Å²) in [7, 11) is 0. The summed E-state index contributed by atoms with van der Waals surface area (Å²) in [5, 5.41) is 15.5.